The highest BCUT2D eigenvalue weighted by Crippen LogP contribution is 2.32. The molecule has 1 atom stereocenters. The summed E-state index contributed by atoms with van der Waals surface area (Å²) in [7, 11) is 0. The Bertz CT molecular complexity index is 1130. The monoisotopic (exact) mass is 593 g/mol. The van der Waals surface area contributed by atoms with Gasteiger partial charge in [0.2, 0.25) is 10.1 Å². The number of hydrogen-bond donors (Lipinski definition) is 2. The number of hydrogen-bond acceptors (Lipinski definition) is 7. The van der Waals surface area contributed by atoms with Gasteiger partial charge in [-0.2, -0.15) is 9.97 Å². The van der Waals surface area contributed by atoms with Gasteiger partial charge in [0.1, 0.15) is 11.6 Å². The Balaban J connectivity index is 1.45. The average molecular weight is 593 g/mol. The van der Waals surface area contributed by atoms with Gasteiger partial charge in [-0.25, -0.2) is 9.37 Å². The van der Waals surface area contributed by atoms with Gasteiger partial charge in [0.25, 0.3) is 0 Å². The number of benzene rings is 1. The number of para-hydroxylation sites is 2. The molecule has 0 amide bonds. The molecular weight excluding hydrogens is 560 g/mol. The van der Waals surface area contributed by atoms with Crippen molar-refractivity contribution in [2.24, 2.45) is 5.92 Å². The van der Waals surface area contributed by atoms with E-state index in [0.29, 0.717) is 42.8 Å². The largest absolute Gasteiger partial charge is 0.378 e. The molecule has 2 N–H and O–H groups in total. The van der Waals surface area contributed by atoms with Crippen LogP contribution in [0, 0.1) is 5.92 Å². The fourth-order valence-corrected chi connectivity index (χ4v) is 5.51. The summed E-state index contributed by atoms with van der Waals surface area (Å²) in [6, 6.07) is 10.3. The number of halogens is 2. The molecule has 1 aliphatic heterocycles. The van der Waals surface area contributed by atoms with Gasteiger partial charge < -0.3 is 20.3 Å². The molecule has 10 heteroatoms. The summed E-state index contributed by atoms with van der Waals surface area (Å²) < 4.78 is 20.8. The van der Waals surface area contributed by atoms with Crippen LogP contribution in [-0.2, 0) is 4.74 Å². The molecule has 2 fully saturated rings. The minimum absolute atomic E-state index is 0.339. The van der Waals surface area contributed by atoms with Crippen molar-refractivity contribution in [2.75, 3.05) is 49.6 Å². The van der Waals surface area contributed by atoms with Crippen molar-refractivity contribution >= 4 is 45.4 Å². The lowest BCUT2D eigenvalue weighted by Crippen LogP contribution is -2.37. The third kappa shape index (κ3) is 5.69. The smallest absolute Gasteiger partial charge is 0.226 e. The minimum atomic E-state index is -1.26. The van der Waals surface area contributed by atoms with Crippen molar-refractivity contribution < 1.29 is 9.13 Å². The molecule has 35 heavy (non-hydrogen) atoms. The second-order valence-corrected chi connectivity index (χ2v) is 10.4. The Kier molecular flexibility index (Phi) is 7.98. The first-order valence-electron chi connectivity index (χ1n) is 12.6. The highest BCUT2D eigenvalue weighted by atomic mass is 127. The van der Waals surface area contributed by atoms with Gasteiger partial charge in [-0.1, -0.05) is 19.1 Å². The Morgan fingerprint density at radius 2 is 1.83 bits per heavy atom. The molecule has 1 saturated carbocycles. The van der Waals surface area contributed by atoms with Crippen LogP contribution in [-0.4, -0.2) is 65.0 Å². The number of rotatable bonds is 8. The maximum absolute atomic E-state index is 14.7. The van der Waals surface area contributed by atoms with E-state index in [1.165, 1.54) is 25.7 Å². The molecule has 0 radical (unpaired) electrons. The zero-order valence-corrected chi connectivity index (χ0v) is 22.2. The topological polar surface area (TPSA) is 80.1 Å². The number of morpholine rings is 1. The van der Waals surface area contributed by atoms with Crippen LogP contribution in [0.3, 0.4) is 0 Å². The third-order valence-electron chi connectivity index (χ3n) is 6.93. The minimum Gasteiger partial charge on any atom is -0.378 e. The van der Waals surface area contributed by atoms with Crippen molar-refractivity contribution in [1.29, 1.82) is 0 Å². The normalized spacial score (nSPS) is 21.9. The van der Waals surface area contributed by atoms with Gasteiger partial charge in [0, 0.05) is 31.7 Å². The van der Waals surface area contributed by atoms with E-state index in [-0.39, 0.29) is 0 Å². The fraction of sp³-hybridized carbons (Fsp3) is 0.560. The second kappa shape index (κ2) is 11.3. The molecule has 3 aromatic rings. The lowest BCUT2D eigenvalue weighted by molar-refractivity contribution is 0.122. The number of nitrogens with zero attached hydrogens (tertiary/aromatic N) is 5. The van der Waals surface area contributed by atoms with Gasteiger partial charge in [-0.15, -0.1) is 0 Å². The fourth-order valence-electron chi connectivity index (χ4n) is 5.10. The summed E-state index contributed by atoms with van der Waals surface area (Å²) in [6.07, 6.45) is 4.79. The van der Waals surface area contributed by atoms with E-state index in [1.807, 2.05) is 34.9 Å². The van der Waals surface area contributed by atoms with E-state index < -0.39 is 4.18 Å². The zero-order valence-electron chi connectivity index (χ0n) is 20.1. The quantitative estimate of drug-likeness (QED) is 0.291. The van der Waals surface area contributed by atoms with Gasteiger partial charge >= 0.3 is 0 Å². The maximum atomic E-state index is 14.7. The van der Waals surface area contributed by atoms with Crippen molar-refractivity contribution in [3.63, 3.8) is 0 Å². The van der Waals surface area contributed by atoms with Crippen LogP contribution in [0.25, 0.3) is 16.9 Å². The van der Waals surface area contributed by atoms with Crippen molar-refractivity contribution in [3.05, 3.63) is 36.2 Å². The summed E-state index contributed by atoms with van der Waals surface area (Å²) in [5.74, 6) is 2.96. The third-order valence-corrected chi connectivity index (χ3v) is 7.49. The molecule has 5 rings (SSSR count). The first kappa shape index (κ1) is 24.6. The van der Waals surface area contributed by atoms with E-state index in [4.69, 9.17) is 14.7 Å². The predicted octanol–water partition coefficient (Wildman–Crippen LogP) is 4.64. The van der Waals surface area contributed by atoms with Gasteiger partial charge in [-0.3, -0.25) is 4.57 Å². The summed E-state index contributed by atoms with van der Waals surface area (Å²) >= 11 is 1.77. The molecule has 1 saturated heterocycles. The first-order chi connectivity index (χ1) is 17.1. The SMILES string of the molecule is CCNC1CCC(CNc2nc(N3CCOCC3)cc(-n3c(C(F)I)nc4ccccc43)n2)CC1. The van der Waals surface area contributed by atoms with Crippen molar-refractivity contribution in [3.8, 4) is 5.82 Å². The number of alkyl halides is 2. The van der Waals surface area contributed by atoms with E-state index in [0.717, 1.165) is 43.0 Å². The Labute approximate surface area is 219 Å². The average Bonchev–Trinajstić information content (AvgIpc) is 3.29. The van der Waals surface area contributed by atoms with Gasteiger partial charge in [0.05, 0.1) is 24.2 Å². The molecule has 1 aromatic carbocycles. The number of ether oxygens (including phenoxy) is 1. The van der Waals surface area contributed by atoms with Crippen molar-refractivity contribution in [2.45, 2.75) is 42.8 Å². The van der Waals surface area contributed by atoms with Crippen LogP contribution in [0.1, 0.15) is 42.6 Å². The van der Waals surface area contributed by atoms with Crippen LogP contribution in [0.5, 0.6) is 0 Å². The number of anilines is 2. The molecule has 1 unspecified atom stereocenters. The lowest BCUT2D eigenvalue weighted by atomic mass is 9.86. The predicted molar refractivity (Wildman–Crippen MR) is 145 cm³/mol. The van der Waals surface area contributed by atoms with E-state index in [2.05, 4.69) is 27.4 Å². The lowest BCUT2D eigenvalue weighted by Gasteiger charge is -2.30. The van der Waals surface area contributed by atoms with E-state index in [1.54, 1.807) is 22.6 Å². The summed E-state index contributed by atoms with van der Waals surface area (Å²) in [5.41, 5.74) is 1.58. The number of nitrogens with one attached hydrogen (secondary N) is 2. The molecule has 8 nitrogen and oxygen atoms in total. The molecule has 2 aromatic heterocycles. The highest BCUT2D eigenvalue weighted by Gasteiger charge is 2.24. The van der Waals surface area contributed by atoms with Crippen LogP contribution >= 0.6 is 22.6 Å². The number of aromatic nitrogens is 4. The van der Waals surface area contributed by atoms with Crippen LogP contribution < -0.4 is 15.5 Å². The molecule has 188 valence electrons. The van der Waals surface area contributed by atoms with Gasteiger partial charge in [-0.05, 0) is 72.9 Å². The van der Waals surface area contributed by atoms with E-state index >= 15 is 0 Å². The second-order valence-electron chi connectivity index (χ2n) is 9.26. The molecule has 1 aliphatic carbocycles. The zero-order chi connectivity index (χ0) is 24.2. The number of imidazole rings is 1. The molecule has 0 spiro atoms. The molecular formula is C25H33FIN7O. The van der Waals surface area contributed by atoms with E-state index in [9.17, 15) is 4.39 Å². The molecule has 0 bridgehead atoms. The first-order valence-corrected chi connectivity index (χ1v) is 13.8. The maximum Gasteiger partial charge on any atom is 0.226 e. The summed E-state index contributed by atoms with van der Waals surface area (Å²) in [5, 5.41) is 7.08. The molecule has 2 aliphatic rings. The Morgan fingerprint density at radius 3 is 2.57 bits per heavy atom. The highest BCUT2D eigenvalue weighted by molar-refractivity contribution is 14.1. The standard InChI is InChI=1S/C25H33FIN7O/c1-2-28-18-9-7-17(8-10-18)16-29-25-31-21(33-11-13-35-14-12-33)15-22(32-25)34-20-6-4-3-5-19(20)30-24(34)23(26)27/h3-6,15,17-18,23,28H,2,7-14,16H2,1H3,(H,29,31,32). The van der Waals surface area contributed by atoms with Crippen molar-refractivity contribution in [1.82, 2.24) is 24.8 Å². The van der Waals surface area contributed by atoms with Crippen LogP contribution in [0.15, 0.2) is 30.3 Å². The Hall–Kier alpha value is -2.05. The Morgan fingerprint density at radius 1 is 1.09 bits per heavy atom. The van der Waals surface area contributed by atoms with Gasteiger partial charge in [0.15, 0.2) is 5.82 Å². The van der Waals surface area contributed by atoms with Crippen LogP contribution in [0.2, 0.25) is 0 Å². The summed E-state index contributed by atoms with van der Waals surface area (Å²) in [4.78, 5) is 16.5. The molecule has 3 heterocycles. The summed E-state index contributed by atoms with van der Waals surface area (Å²) in [6.45, 7) is 6.89. The number of fused-ring (bicyclic) bond motifs is 1. The van der Waals surface area contributed by atoms with Crippen LogP contribution in [0.4, 0.5) is 16.2 Å².